The molecule has 6 heteroatoms. The summed E-state index contributed by atoms with van der Waals surface area (Å²) in [5.41, 5.74) is -1.71. The molecule has 0 aliphatic carbocycles. The maximum atomic E-state index is 10.3. The summed E-state index contributed by atoms with van der Waals surface area (Å²) < 4.78 is 31.0. The van der Waals surface area contributed by atoms with Crippen LogP contribution in [0.1, 0.15) is 58.3 Å². The molecular formula is C10H21NaO4S. The maximum Gasteiger partial charge on any atom is 1.00 e. The molecule has 0 aromatic rings. The molecule has 1 unspecified atom stereocenters. The third-order valence-electron chi connectivity index (χ3n) is 2.39. The topological polar surface area (TPSA) is 77.4 Å². The average Bonchev–Trinajstić information content (AvgIpc) is 2.14. The van der Waals surface area contributed by atoms with Crippen LogP contribution in [0.2, 0.25) is 0 Å². The minimum atomic E-state index is -4.50. The predicted octanol–water partition coefficient (Wildman–Crippen LogP) is -1.01. The van der Waals surface area contributed by atoms with Crippen LogP contribution in [0.4, 0.5) is 0 Å². The normalized spacial score (nSPS) is 13.2. The van der Waals surface area contributed by atoms with Gasteiger partial charge in [0.1, 0.15) is 15.6 Å². The molecule has 0 heterocycles. The second kappa shape index (κ2) is 11.0. The summed E-state index contributed by atoms with van der Waals surface area (Å²) in [6.07, 6.45) is 7.40. The first-order valence-electron chi connectivity index (χ1n) is 5.61. The molecule has 0 rings (SSSR count). The number of hydrogen-bond donors (Lipinski definition) is 1. The van der Waals surface area contributed by atoms with Crippen molar-refractivity contribution in [1.82, 2.24) is 0 Å². The molecule has 0 aliphatic rings. The predicted molar refractivity (Wildman–Crippen MR) is 58.3 cm³/mol. The van der Waals surface area contributed by atoms with Crippen LogP contribution >= 0.6 is 0 Å². The van der Waals surface area contributed by atoms with E-state index >= 15 is 0 Å². The molecule has 0 bridgehead atoms. The van der Waals surface area contributed by atoms with E-state index in [9.17, 15) is 13.0 Å². The van der Waals surface area contributed by atoms with E-state index in [4.69, 9.17) is 5.11 Å². The molecule has 0 radical (unpaired) electrons. The van der Waals surface area contributed by atoms with Gasteiger partial charge in [0.15, 0.2) is 0 Å². The standard InChI is InChI=1S/C10H22O4S.Na/c1-2-3-4-5-6-7-8-9-10(11)15(12,13)14;/h10-11H,2-9H2,1H3,(H,12,13,14);/q;+1/p-1. The number of aliphatic hydroxyl groups excluding tert-OH is 1. The summed E-state index contributed by atoms with van der Waals surface area (Å²) in [6, 6.07) is 0. The zero-order valence-electron chi connectivity index (χ0n) is 10.3. The Morgan fingerprint density at radius 2 is 1.50 bits per heavy atom. The Morgan fingerprint density at radius 1 is 1.06 bits per heavy atom. The maximum absolute atomic E-state index is 10.3. The zero-order chi connectivity index (χ0) is 11.7. The van der Waals surface area contributed by atoms with Gasteiger partial charge in [-0.1, -0.05) is 45.4 Å². The van der Waals surface area contributed by atoms with Crippen LogP contribution < -0.4 is 29.6 Å². The SMILES string of the molecule is CCCCCCCCCC(O)S(=O)(=O)[O-].[Na+]. The van der Waals surface area contributed by atoms with Gasteiger partial charge in [-0.05, 0) is 12.8 Å². The van der Waals surface area contributed by atoms with E-state index < -0.39 is 15.6 Å². The van der Waals surface area contributed by atoms with E-state index in [1.807, 2.05) is 0 Å². The molecule has 92 valence electrons. The second-order valence-electron chi connectivity index (χ2n) is 3.86. The van der Waals surface area contributed by atoms with Crippen molar-refractivity contribution in [2.24, 2.45) is 0 Å². The Hall–Kier alpha value is 0.870. The van der Waals surface area contributed by atoms with Crippen molar-refractivity contribution < 1.29 is 47.6 Å². The fourth-order valence-electron chi connectivity index (χ4n) is 1.42. The average molecular weight is 260 g/mol. The van der Waals surface area contributed by atoms with Gasteiger partial charge in [0.05, 0.1) is 0 Å². The molecule has 4 nitrogen and oxygen atoms in total. The van der Waals surface area contributed by atoms with Crippen molar-refractivity contribution in [1.29, 1.82) is 0 Å². The molecule has 1 atom stereocenters. The number of unbranched alkanes of at least 4 members (excludes halogenated alkanes) is 6. The van der Waals surface area contributed by atoms with Gasteiger partial charge in [0, 0.05) is 0 Å². The first kappa shape index (κ1) is 19.2. The number of rotatable bonds is 9. The largest absolute Gasteiger partial charge is 1.00 e. The van der Waals surface area contributed by atoms with Gasteiger partial charge < -0.3 is 9.66 Å². The molecule has 0 aliphatic heterocycles. The summed E-state index contributed by atoms with van der Waals surface area (Å²) in [5.74, 6) is 0. The molecule has 0 fully saturated rings. The number of aliphatic hydroxyl groups is 1. The van der Waals surface area contributed by atoms with E-state index in [1.54, 1.807) is 0 Å². The first-order valence-corrected chi connectivity index (χ1v) is 7.08. The summed E-state index contributed by atoms with van der Waals surface area (Å²) in [6.45, 7) is 2.15. The van der Waals surface area contributed by atoms with Crippen molar-refractivity contribution in [2.75, 3.05) is 0 Å². The van der Waals surface area contributed by atoms with Gasteiger partial charge in [0.25, 0.3) is 0 Å². The van der Waals surface area contributed by atoms with Crippen molar-refractivity contribution in [3.8, 4) is 0 Å². The molecule has 0 saturated heterocycles. The minimum Gasteiger partial charge on any atom is -0.746 e. The fourth-order valence-corrected chi connectivity index (χ4v) is 1.88. The van der Waals surface area contributed by atoms with Gasteiger partial charge in [-0.15, -0.1) is 0 Å². The van der Waals surface area contributed by atoms with Gasteiger partial charge in [-0.2, -0.15) is 0 Å². The molecule has 0 aromatic heterocycles. The van der Waals surface area contributed by atoms with Crippen molar-refractivity contribution >= 4 is 10.1 Å². The third kappa shape index (κ3) is 11.4. The Balaban J connectivity index is 0. The summed E-state index contributed by atoms with van der Waals surface area (Å²) in [7, 11) is -4.50. The van der Waals surface area contributed by atoms with Crippen LogP contribution in [-0.2, 0) is 10.1 Å². The molecule has 1 N–H and O–H groups in total. The van der Waals surface area contributed by atoms with Crippen LogP contribution in [0.15, 0.2) is 0 Å². The zero-order valence-corrected chi connectivity index (χ0v) is 13.1. The monoisotopic (exact) mass is 260 g/mol. The van der Waals surface area contributed by atoms with Crippen LogP contribution in [0.25, 0.3) is 0 Å². The van der Waals surface area contributed by atoms with Crippen molar-refractivity contribution in [3.63, 3.8) is 0 Å². The molecule has 0 spiro atoms. The van der Waals surface area contributed by atoms with E-state index in [0.717, 1.165) is 19.3 Å². The van der Waals surface area contributed by atoms with E-state index in [1.165, 1.54) is 19.3 Å². The first-order chi connectivity index (χ1) is 6.98. The quantitative estimate of drug-likeness (QED) is 0.327. The summed E-state index contributed by atoms with van der Waals surface area (Å²) in [4.78, 5) is 0. The Labute approximate surface area is 121 Å². The molecule has 16 heavy (non-hydrogen) atoms. The Kier molecular flexibility index (Phi) is 13.2. The van der Waals surface area contributed by atoms with Crippen LogP contribution in [0.5, 0.6) is 0 Å². The molecule has 0 aromatic carbocycles. The van der Waals surface area contributed by atoms with E-state index in [-0.39, 0.29) is 36.0 Å². The van der Waals surface area contributed by atoms with Gasteiger partial charge in [-0.25, -0.2) is 8.42 Å². The number of hydrogen-bond acceptors (Lipinski definition) is 4. The van der Waals surface area contributed by atoms with Crippen molar-refractivity contribution in [3.05, 3.63) is 0 Å². The molecule has 0 amide bonds. The van der Waals surface area contributed by atoms with Gasteiger partial charge in [-0.3, -0.25) is 0 Å². The minimum absolute atomic E-state index is 0. The van der Waals surface area contributed by atoms with Crippen LogP contribution in [-0.4, -0.2) is 23.5 Å². The fraction of sp³-hybridized carbons (Fsp3) is 1.00. The Morgan fingerprint density at radius 3 is 1.94 bits per heavy atom. The summed E-state index contributed by atoms with van der Waals surface area (Å²) in [5, 5.41) is 8.93. The van der Waals surface area contributed by atoms with E-state index in [0.29, 0.717) is 6.42 Å². The smallest absolute Gasteiger partial charge is 0.746 e. The Bertz CT molecular complexity index is 241. The van der Waals surface area contributed by atoms with Crippen molar-refractivity contribution in [2.45, 2.75) is 63.7 Å². The van der Waals surface area contributed by atoms with Crippen LogP contribution in [0, 0.1) is 0 Å². The van der Waals surface area contributed by atoms with Gasteiger partial charge in [0.2, 0.25) is 0 Å². The summed E-state index contributed by atoms with van der Waals surface area (Å²) >= 11 is 0. The van der Waals surface area contributed by atoms with E-state index in [2.05, 4.69) is 6.92 Å². The second-order valence-corrected chi connectivity index (χ2v) is 5.39. The molecule has 0 saturated carbocycles. The third-order valence-corrected chi connectivity index (χ3v) is 3.29. The van der Waals surface area contributed by atoms with Gasteiger partial charge >= 0.3 is 29.6 Å². The molecular weight excluding hydrogens is 239 g/mol. The van der Waals surface area contributed by atoms with Crippen LogP contribution in [0.3, 0.4) is 0 Å².